The highest BCUT2D eigenvalue weighted by Crippen LogP contribution is 1.94. The van der Waals surface area contributed by atoms with Crippen LogP contribution in [0, 0.1) is 11.3 Å². The van der Waals surface area contributed by atoms with E-state index in [0.29, 0.717) is 0 Å². The van der Waals surface area contributed by atoms with Gasteiger partial charge in [0.15, 0.2) is 0 Å². The van der Waals surface area contributed by atoms with Crippen molar-refractivity contribution in [3.05, 3.63) is 18.0 Å². The number of nitrogens with zero attached hydrogens (tertiary/aromatic N) is 3. The molecule has 0 aliphatic heterocycles. The first-order chi connectivity index (χ1) is 7.63. The van der Waals surface area contributed by atoms with Crippen molar-refractivity contribution in [2.75, 3.05) is 6.54 Å². The van der Waals surface area contributed by atoms with Crippen LogP contribution in [0.25, 0.3) is 0 Å². The molecule has 16 heavy (non-hydrogen) atoms. The summed E-state index contributed by atoms with van der Waals surface area (Å²) in [6.45, 7) is 0.0474. The van der Waals surface area contributed by atoms with Gasteiger partial charge in [-0.1, -0.05) is 0 Å². The predicted octanol–water partition coefficient (Wildman–Crippen LogP) is -1.32. The molecule has 7 nitrogen and oxygen atoms in total. The second kappa shape index (κ2) is 5.50. The molecule has 0 saturated carbocycles. The Hall–Kier alpha value is -2.36. The second-order valence-corrected chi connectivity index (χ2v) is 3.05. The van der Waals surface area contributed by atoms with E-state index in [1.165, 1.54) is 0 Å². The minimum Gasteiger partial charge on any atom is -0.344 e. The van der Waals surface area contributed by atoms with E-state index in [-0.39, 0.29) is 13.1 Å². The van der Waals surface area contributed by atoms with Gasteiger partial charge in [-0.2, -0.15) is 10.4 Å². The SMILES string of the molecule is Cn1cc(CNC(=O)C(=O)NCC#N)cn1. The summed E-state index contributed by atoms with van der Waals surface area (Å²) >= 11 is 0. The molecule has 0 aromatic carbocycles. The van der Waals surface area contributed by atoms with Gasteiger partial charge in [0.25, 0.3) is 0 Å². The third-order valence-corrected chi connectivity index (χ3v) is 1.75. The summed E-state index contributed by atoms with van der Waals surface area (Å²) in [5.74, 6) is -1.58. The van der Waals surface area contributed by atoms with Crippen molar-refractivity contribution in [3.63, 3.8) is 0 Å². The minimum absolute atomic E-state index is 0.181. The van der Waals surface area contributed by atoms with Gasteiger partial charge in [-0.25, -0.2) is 0 Å². The lowest BCUT2D eigenvalue weighted by Crippen LogP contribution is -2.39. The van der Waals surface area contributed by atoms with Crippen LogP contribution in [-0.2, 0) is 23.2 Å². The summed E-state index contributed by atoms with van der Waals surface area (Å²) in [6.07, 6.45) is 3.32. The molecule has 0 saturated heterocycles. The lowest BCUT2D eigenvalue weighted by molar-refractivity contribution is -0.139. The monoisotopic (exact) mass is 221 g/mol. The highest BCUT2D eigenvalue weighted by Gasteiger charge is 2.11. The Labute approximate surface area is 92.0 Å². The van der Waals surface area contributed by atoms with Crippen LogP contribution in [0.5, 0.6) is 0 Å². The van der Waals surface area contributed by atoms with E-state index in [2.05, 4.69) is 15.7 Å². The normalized spacial score (nSPS) is 9.25. The number of hydrogen-bond donors (Lipinski definition) is 2. The van der Waals surface area contributed by atoms with Crippen molar-refractivity contribution < 1.29 is 9.59 Å². The van der Waals surface area contributed by atoms with Gasteiger partial charge in [0.2, 0.25) is 0 Å². The van der Waals surface area contributed by atoms with Crippen LogP contribution in [0.3, 0.4) is 0 Å². The van der Waals surface area contributed by atoms with Crippen molar-refractivity contribution in [2.24, 2.45) is 7.05 Å². The molecule has 0 atom stereocenters. The van der Waals surface area contributed by atoms with Crippen molar-refractivity contribution >= 4 is 11.8 Å². The largest absolute Gasteiger partial charge is 0.344 e. The maximum atomic E-state index is 11.2. The molecule has 0 bridgehead atoms. The fraction of sp³-hybridized carbons (Fsp3) is 0.333. The van der Waals surface area contributed by atoms with Crippen LogP contribution >= 0.6 is 0 Å². The fourth-order valence-corrected chi connectivity index (χ4v) is 1.03. The summed E-state index contributed by atoms with van der Waals surface area (Å²) in [4.78, 5) is 22.2. The molecule has 0 radical (unpaired) electrons. The average molecular weight is 221 g/mol. The van der Waals surface area contributed by atoms with Gasteiger partial charge in [-0.15, -0.1) is 0 Å². The first kappa shape index (κ1) is 11.7. The summed E-state index contributed by atoms with van der Waals surface area (Å²) in [6, 6.07) is 1.71. The lowest BCUT2D eigenvalue weighted by atomic mass is 10.3. The zero-order chi connectivity index (χ0) is 12.0. The van der Waals surface area contributed by atoms with Crippen molar-refractivity contribution in [1.82, 2.24) is 20.4 Å². The van der Waals surface area contributed by atoms with Crippen molar-refractivity contribution in [1.29, 1.82) is 5.26 Å². The van der Waals surface area contributed by atoms with Crippen LogP contribution in [0.1, 0.15) is 5.56 Å². The number of nitrogens with one attached hydrogen (secondary N) is 2. The first-order valence-corrected chi connectivity index (χ1v) is 4.54. The highest BCUT2D eigenvalue weighted by molar-refractivity contribution is 6.35. The third kappa shape index (κ3) is 3.42. The van der Waals surface area contributed by atoms with E-state index in [4.69, 9.17) is 5.26 Å². The molecule has 0 aliphatic carbocycles. The minimum atomic E-state index is -0.814. The molecular formula is C9H11N5O2. The van der Waals surface area contributed by atoms with E-state index < -0.39 is 11.8 Å². The zero-order valence-electron chi connectivity index (χ0n) is 8.73. The van der Waals surface area contributed by atoms with Gasteiger partial charge in [-0.05, 0) is 0 Å². The molecule has 2 N–H and O–H groups in total. The van der Waals surface area contributed by atoms with Gasteiger partial charge in [0, 0.05) is 25.4 Å². The number of carbonyl (C=O) groups is 2. The van der Waals surface area contributed by atoms with Gasteiger partial charge in [-0.3, -0.25) is 14.3 Å². The quantitative estimate of drug-likeness (QED) is 0.488. The Morgan fingerprint density at radius 3 is 2.75 bits per heavy atom. The number of carbonyl (C=O) groups excluding carboxylic acids is 2. The molecule has 2 amide bonds. The standard InChI is InChI=1S/C9H11N5O2/c1-14-6-7(5-13-14)4-12-9(16)8(15)11-3-2-10/h5-6H,3-4H2,1H3,(H,11,15)(H,12,16). The van der Waals surface area contributed by atoms with Gasteiger partial charge in [0.05, 0.1) is 12.3 Å². The molecular weight excluding hydrogens is 210 g/mol. The molecule has 0 fully saturated rings. The Morgan fingerprint density at radius 2 is 2.19 bits per heavy atom. The summed E-state index contributed by atoms with van der Waals surface area (Å²) in [7, 11) is 1.75. The Kier molecular flexibility index (Phi) is 4.03. The number of rotatable bonds is 3. The Morgan fingerprint density at radius 1 is 1.50 bits per heavy atom. The first-order valence-electron chi connectivity index (χ1n) is 4.54. The maximum absolute atomic E-state index is 11.2. The lowest BCUT2D eigenvalue weighted by Gasteiger charge is -2.02. The van der Waals surface area contributed by atoms with Gasteiger partial charge in [0.1, 0.15) is 6.54 Å². The second-order valence-electron chi connectivity index (χ2n) is 3.05. The number of hydrogen-bond acceptors (Lipinski definition) is 4. The summed E-state index contributed by atoms with van der Waals surface area (Å²) in [5, 5.41) is 16.7. The summed E-state index contributed by atoms with van der Waals surface area (Å²) in [5.41, 5.74) is 0.795. The van der Waals surface area contributed by atoms with E-state index >= 15 is 0 Å². The number of amides is 2. The van der Waals surface area contributed by atoms with E-state index in [1.807, 2.05) is 0 Å². The fourth-order valence-electron chi connectivity index (χ4n) is 1.03. The Balaban J connectivity index is 2.35. The predicted molar refractivity (Wildman–Crippen MR) is 53.7 cm³/mol. The molecule has 1 heterocycles. The molecule has 7 heteroatoms. The summed E-state index contributed by atoms with van der Waals surface area (Å²) < 4.78 is 1.59. The topological polar surface area (TPSA) is 99.8 Å². The van der Waals surface area contributed by atoms with Crippen LogP contribution < -0.4 is 10.6 Å². The molecule has 0 spiro atoms. The third-order valence-electron chi connectivity index (χ3n) is 1.75. The van der Waals surface area contributed by atoms with Crippen LogP contribution in [-0.4, -0.2) is 28.1 Å². The van der Waals surface area contributed by atoms with Crippen molar-refractivity contribution in [2.45, 2.75) is 6.54 Å². The van der Waals surface area contributed by atoms with Crippen LogP contribution in [0.2, 0.25) is 0 Å². The number of nitriles is 1. The van der Waals surface area contributed by atoms with Crippen LogP contribution in [0.4, 0.5) is 0 Å². The molecule has 1 aromatic heterocycles. The smallest absolute Gasteiger partial charge is 0.310 e. The molecule has 0 unspecified atom stereocenters. The van der Waals surface area contributed by atoms with E-state index in [0.717, 1.165) is 5.56 Å². The van der Waals surface area contributed by atoms with Gasteiger partial charge < -0.3 is 10.6 Å². The average Bonchev–Trinajstić information content (AvgIpc) is 2.68. The molecule has 1 aromatic rings. The van der Waals surface area contributed by atoms with Gasteiger partial charge >= 0.3 is 11.8 Å². The van der Waals surface area contributed by atoms with E-state index in [9.17, 15) is 9.59 Å². The zero-order valence-corrected chi connectivity index (χ0v) is 8.73. The number of aryl methyl sites for hydroxylation is 1. The number of aromatic nitrogens is 2. The molecule has 0 aliphatic rings. The highest BCUT2D eigenvalue weighted by atomic mass is 16.2. The Bertz CT molecular complexity index is 431. The van der Waals surface area contributed by atoms with E-state index in [1.54, 1.807) is 30.2 Å². The maximum Gasteiger partial charge on any atom is 0.310 e. The molecule has 84 valence electrons. The molecule has 1 rings (SSSR count). The van der Waals surface area contributed by atoms with Crippen LogP contribution in [0.15, 0.2) is 12.4 Å². The van der Waals surface area contributed by atoms with Crippen molar-refractivity contribution in [3.8, 4) is 6.07 Å².